The Bertz CT molecular complexity index is 70.8. The van der Waals surface area contributed by atoms with Crippen molar-refractivity contribution in [1.82, 2.24) is 0 Å². The number of rotatable bonds is 2. The van der Waals surface area contributed by atoms with E-state index in [-0.39, 0.29) is 6.10 Å². The largest absolute Gasteiger partial charge is 0.448 e. The number of hydrogen-bond donors (Lipinski definition) is 0. The summed E-state index contributed by atoms with van der Waals surface area (Å²) in [7, 11) is 0. The number of ether oxygens (including phenoxy) is 1. The highest BCUT2D eigenvalue weighted by atomic mass is 19.3. The van der Waals surface area contributed by atoms with Gasteiger partial charge in [0, 0.05) is 0 Å². The van der Waals surface area contributed by atoms with Crippen LogP contribution < -0.4 is 0 Å². The predicted octanol–water partition coefficient (Wildman–Crippen LogP) is 1.94. The van der Waals surface area contributed by atoms with Crippen LogP contribution in [0.4, 0.5) is 8.78 Å². The first-order valence-electron chi connectivity index (χ1n) is 2.63. The molecule has 0 aromatic heterocycles. The van der Waals surface area contributed by atoms with E-state index in [1.807, 2.05) is 0 Å². The average Bonchev–Trinajstić information content (AvgIpc) is 1.55. The molecule has 1 radical (unpaired) electrons. The Hall–Kier alpha value is -0.180. The van der Waals surface area contributed by atoms with Gasteiger partial charge >= 0.3 is 6.61 Å². The minimum absolute atomic E-state index is 0.181. The molecule has 3 heteroatoms. The molecule has 0 N–H and O–H groups in total. The van der Waals surface area contributed by atoms with Crippen LogP contribution in [0.25, 0.3) is 0 Å². The molecule has 0 aliphatic heterocycles. The van der Waals surface area contributed by atoms with Gasteiger partial charge < -0.3 is 4.74 Å². The van der Waals surface area contributed by atoms with Crippen LogP contribution in [0, 0.1) is 6.61 Å². The molecule has 1 rings (SSSR count). The highest BCUT2D eigenvalue weighted by Gasteiger charge is 2.22. The second-order valence-electron chi connectivity index (χ2n) is 1.90. The summed E-state index contributed by atoms with van der Waals surface area (Å²) < 4.78 is 26.5. The predicted molar refractivity (Wildman–Crippen MR) is 24.2 cm³/mol. The molecule has 0 aromatic carbocycles. The van der Waals surface area contributed by atoms with Gasteiger partial charge in [0.15, 0.2) is 0 Å². The van der Waals surface area contributed by atoms with E-state index in [9.17, 15) is 8.78 Å². The number of hydrogen-bond acceptors (Lipinski definition) is 1. The van der Waals surface area contributed by atoms with Crippen molar-refractivity contribution in [2.24, 2.45) is 0 Å². The van der Waals surface area contributed by atoms with Gasteiger partial charge in [0.05, 0.1) is 6.10 Å². The van der Waals surface area contributed by atoms with E-state index < -0.39 is 6.61 Å². The maximum atomic E-state index is 11.2. The lowest BCUT2D eigenvalue weighted by atomic mass is 9.96. The maximum absolute atomic E-state index is 11.2. The van der Waals surface area contributed by atoms with Crippen molar-refractivity contribution < 1.29 is 13.5 Å². The molecule has 0 spiro atoms. The Kier molecular flexibility index (Phi) is 1.78. The van der Waals surface area contributed by atoms with Crippen LogP contribution in [0.2, 0.25) is 0 Å². The van der Waals surface area contributed by atoms with E-state index >= 15 is 0 Å². The normalized spacial score (nSPS) is 21.4. The average molecular weight is 121 g/mol. The summed E-state index contributed by atoms with van der Waals surface area (Å²) in [6, 6.07) is 0. The summed E-state index contributed by atoms with van der Waals surface area (Å²) in [6.07, 6.45) is 2.42. The van der Waals surface area contributed by atoms with Crippen LogP contribution in [0.15, 0.2) is 0 Å². The summed E-state index contributed by atoms with van der Waals surface area (Å²) in [5, 5.41) is 0. The molecule has 0 amide bonds. The second-order valence-corrected chi connectivity index (χ2v) is 1.90. The van der Waals surface area contributed by atoms with E-state index in [0.717, 1.165) is 19.3 Å². The van der Waals surface area contributed by atoms with Crippen molar-refractivity contribution in [2.75, 3.05) is 0 Å². The molecule has 0 aromatic rings. The van der Waals surface area contributed by atoms with Gasteiger partial charge in [-0.3, -0.25) is 0 Å². The zero-order chi connectivity index (χ0) is 5.98. The fourth-order valence-corrected chi connectivity index (χ4v) is 0.615. The third-order valence-electron chi connectivity index (χ3n) is 1.31. The topological polar surface area (TPSA) is 9.23 Å². The third-order valence-corrected chi connectivity index (χ3v) is 1.31. The van der Waals surface area contributed by atoms with Crippen molar-refractivity contribution in [2.45, 2.75) is 25.4 Å². The van der Waals surface area contributed by atoms with Gasteiger partial charge in [-0.05, 0) is 19.3 Å². The molecule has 0 unspecified atom stereocenters. The molecule has 8 heavy (non-hydrogen) atoms. The first-order chi connectivity index (χ1) is 3.79. The summed E-state index contributed by atoms with van der Waals surface area (Å²) in [6.45, 7) is -1.89. The molecule has 1 saturated carbocycles. The lowest BCUT2D eigenvalue weighted by molar-refractivity contribution is -0.0912. The molecule has 1 nitrogen and oxygen atoms in total. The number of halogens is 2. The Labute approximate surface area is 46.6 Å². The van der Waals surface area contributed by atoms with Gasteiger partial charge in [0.2, 0.25) is 0 Å². The van der Waals surface area contributed by atoms with E-state index in [4.69, 9.17) is 0 Å². The molecule has 0 atom stereocenters. The van der Waals surface area contributed by atoms with Gasteiger partial charge in [-0.25, -0.2) is 0 Å². The fraction of sp³-hybridized carbons (Fsp3) is 0.800. The maximum Gasteiger partial charge on any atom is 0.448 e. The molecule has 47 valence electrons. The monoisotopic (exact) mass is 121 g/mol. The van der Waals surface area contributed by atoms with E-state index in [1.165, 1.54) is 0 Å². The molecule has 0 bridgehead atoms. The van der Waals surface area contributed by atoms with Crippen LogP contribution in [-0.4, -0.2) is 6.10 Å². The Balaban J connectivity index is 2.01. The van der Waals surface area contributed by atoms with Gasteiger partial charge in [-0.2, -0.15) is 8.78 Å². The van der Waals surface area contributed by atoms with Crippen LogP contribution in [-0.2, 0) is 4.74 Å². The molecular formula is C5H7F2O. The van der Waals surface area contributed by atoms with Crippen LogP contribution in [0.3, 0.4) is 0 Å². The highest BCUT2D eigenvalue weighted by Crippen LogP contribution is 2.25. The zero-order valence-corrected chi connectivity index (χ0v) is 4.36. The quantitative estimate of drug-likeness (QED) is 0.542. The SMILES string of the molecule is F[C](F)OC1CCC1. The Morgan fingerprint density at radius 2 is 2.00 bits per heavy atom. The minimum Gasteiger partial charge on any atom is -0.310 e. The van der Waals surface area contributed by atoms with Crippen molar-refractivity contribution >= 4 is 0 Å². The van der Waals surface area contributed by atoms with Gasteiger partial charge in [-0.15, -0.1) is 0 Å². The lowest BCUT2D eigenvalue weighted by Crippen LogP contribution is -2.21. The molecule has 1 aliphatic carbocycles. The first kappa shape index (κ1) is 5.95. The van der Waals surface area contributed by atoms with Gasteiger partial charge in [0.25, 0.3) is 0 Å². The summed E-state index contributed by atoms with van der Waals surface area (Å²) in [4.78, 5) is 0. The van der Waals surface area contributed by atoms with E-state index in [0.29, 0.717) is 0 Å². The zero-order valence-electron chi connectivity index (χ0n) is 4.36. The van der Waals surface area contributed by atoms with Crippen LogP contribution >= 0.6 is 0 Å². The van der Waals surface area contributed by atoms with E-state index in [2.05, 4.69) is 4.74 Å². The van der Waals surface area contributed by atoms with Crippen molar-refractivity contribution in [3.05, 3.63) is 6.61 Å². The van der Waals surface area contributed by atoms with Crippen molar-refractivity contribution in [3.63, 3.8) is 0 Å². The molecule has 0 heterocycles. The smallest absolute Gasteiger partial charge is 0.310 e. The first-order valence-corrected chi connectivity index (χ1v) is 2.63. The minimum atomic E-state index is -1.89. The second kappa shape index (κ2) is 2.40. The summed E-state index contributed by atoms with van der Waals surface area (Å²) in [5.74, 6) is 0. The highest BCUT2D eigenvalue weighted by molar-refractivity contribution is 4.70. The van der Waals surface area contributed by atoms with E-state index in [1.54, 1.807) is 0 Å². The molecule has 1 fully saturated rings. The fourth-order valence-electron chi connectivity index (χ4n) is 0.615. The summed E-state index contributed by atoms with van der Waals surface area (Å²) in [5.41, 5.74) is 0. The summed E-state index contributed by atoms with van der Waals surface area (Å²) >= 11 is 0. The van der Waals surface area contributed by atoms with Crippen LogP contribution in [0.1, 0.15) is 19.3 Å². The van der Waals surface area contributed by atoms with Crippen molar-refractivity contribution in [1.29, 1.82) is 0 Å². The molecular weight excluding hydrogens is 114 g/mol. The Morgan fingerprint density at radius 1 is 1.38 bits per heavy atom. The third kappa shape index (κ3) is 1.40. The molecule has 0 saturated heterocycles. The Morgan fingerprint density at radius 3 is 2.12 bits per heavy atom. The molecule has 1 aliphatic rings. The lowest BCUT2D eigenvalue weighted by Gasteiger charge is -2.23. The van der Waals surface area contributed by atoms with Gasteiger partial charge in [0.1, 0.15) is 0 Å². The van der Waals surface area contributed by atoms with Crippen molar-refractivity contribution in [3.8, 4) is 0 Å². The van der Waals surface area contributed by atoms with Gasteiger partial charge in [-0.1, -0.05) is 0 Å². The van der Waals surface area contributed by atoms with Crippen LogP contribution in [0.5, 0.6) is 0 Å². The standard InChI is InChI=1S/C5H7F2O/c6-5(7)8-4-2-1-3-4/h4H,1-3H2.